The van der Waals surface area contributed by atoms with Crippen molar-refractivity contribution in [3.05, 3.63) is 180 Å². The first-order valence-corrected chi connectivity index (χ1v) is 28.2. The van der Waals surface area contributed by atoms with Crippen LogP contribution in [0.5, 0.6) is 11.5 Å². The second-order valence-electron chi connectivity index (χ2n) is 26.9. The quantitative estimate of drug-likeness (QED) is 0.165. The number of para-hydroxylation sites is 4. The molecule has 5 aromatic heterocycles. The summed E-state index contributed by atoms with van der Waals surface area (Å²) in [5.74, 6) is 3.96. The number of hydrogen-bond acceptors (Lipinski definition) is 9. The number of furan rings is 2. The number of carbonyl (C=O) groups excluding carboxylic acids is 1. The van der Waals surface area contributed by atoms with E-state index in [-0.39, 0.29) is 45.0 Å². The van der Waals surface area contributed by atoms with Crippen molar-refractivity contribution in [3.63, 3.8) is 0 Å². The van der Waals surface area contributed by atoms with Crippen LogP contribution in [-0.4, -0.2) is 45.2 Å². The van der Waals surface area contributed by atoms with Crippen LogP contribution in [0.3, 0.4) is 0 Å². The molecule has 0 atom stereocenters. The number of ether oxygens (including phenoxy) is 2. The normalized spacial score (nSPS) is 13.3. The lowest BCUT2D eigenvalue weighted by molar-refractivity contribution is -0.118. The Morgan fingerprint density at radius 3 is 1.83 bits per heavy atom. The molecular formula is C70H90N6O5. The third-order valence-corrected chi connectivity index (χ3v) is 13.2. The van der Waals surface area contributed by atoms with Gasteiger partial charge in [-0.25, -0.2) is 9.97 Å². The molecule has 11 rings (SSSR count). The summed E-state index contributed by atoms with van der Waals surface area (Å²) in [6.07, 6.45) is 7.68. The zero-order chi connectivity index (χ0) is 59.6. The molecule has 0 unspecified atom stereocenters. The molecule has 0 aliphatic carbocycles. The Hall–Kier alpha value is -7.66. The van der Waals surface area contributed by atoms with Crippen LogP contribution in [0.1, 0.15) is 159 Å². The van der Waals surface area contributed by atoms with Gasteiger partial charge in [0.25, 0.3) is 5.91 Å². The highest BCUT2D eigenvalue weighted by molar-refractivity contribution is 5.94. The minimum Gasteiger partial charge on any atom is -0.490 e. The molecular weight excluding hydrogens is 1000 g/mol. The molecule has 1 amide bonds. The Morgan fingerprint density at radius 2 is 1.22 bits per heavy atom. The van der Waals surface area contributed by atoms with Gasteiger partial charge in [0, 0.05) is 63.7 Å². The van der Waals surface area contributed by atoms with Crippen LogP contribution >= 0.6 is 0 Å². The number of nitrogens with one attached hydrogen (secondary N) is 2. The largest absolute Gasteiger partial charge is 0.490 e. The summed E-state index contributed by atoms with van der Waals surface area (Å²) >= 11 is 0. The van der Waals surface area contributed by atoms with E-state index in [1.54, 1.807) is 6.26 Å². The Labute approximate surface area is 483 Å². The maximum atomic E-state index is 11.1. The highest BCUT2D eigenvalue weighted by Gasteiger charge is 2.23. The molecule has 0 fully saturated rings. The van der Waals surface area contributed by atoms with Crippen LogP contribution in [0.4, 0.5) is 11.5 Å². The lowest BCUT2D eigenvalue weighted by Crippen LogP contribution is -2.27. The van der Waals surface area contributed by atoms with Gasteiger partial charge < -0.3 is 33.5 Å². The third kappa shape index (κ3) is 18.4. The smallest absolute Gasteiger partial charge is 0.263 e. The van der Waals surface area contributed by atoms with Crippen molar-refractivity contribution in [1.82, 2.24) is 19.5 Å². The molecule has 11 nitrogen and oxygen atoms in total. The van der Waals surface area contributed by atoms with Crippen molar-refractivity contribution >= 4 is 56.4 Å². The zero-order valence-electron chi connectivity index (χ0n) is 51.9. The van der Waals surface area contributed by atoms with Gasteiger partial charge in [0.05, 0.1) is 28.7 Å². The Balaban J connectivity index is 0.000000157. The van der Waals surface area contributed by atoms with E-state index in [0.717, 1.165) is 64.1 Å². The van der Waals surface area contributed by atoms with Gasteiger partial charge >= 0.3 is 0 Å². The van der Waals surface area contributed by atoms with Gasteiger partial charge in [-0.05, 0) is 101 Å². The fraction of sp³-hybridized carbons (Fsp3) is 0.400. The van der Waals surface area contributed by atoms with E-state index in [0.29, 0.717) is 11.6 Å². The number of rotatable bonds is 1. The number of nitrogens with zero attached hydrogens (tertiary/aromatic N) is 4. The number of anilines is 2. The number of pyridine rings is 1. The Morgan fingerprint density at radius 1 is 0.580 bits per heavy atom. The fourth-order valence-electron chi connectivity index (χ4n) is 8.39. The highest BCUT2D eigenvalue weighted by Crippen LogP contribution is 2.34. The van der Waals surface area contributed by atoms with Gasteiger partial charge in [0.15, 0.2) is 18.2 Å². The monoisotopic (exact) mass is 1090 g/mol. The topological polar surface area (TPSA) is 129 Å². The standard InChI is InChI=1S/C13H17N.C12H14N2.C12H17NO.C12H14O.C11H14N2O2.C10H14O/c1-13(2,3)12-9-10-7-5-6-8-11(10)14(12)4;1-12(2,3)11-8-13-9-6-4-5-7-10(9)14-11;1-12(2,3)9-4-5-11-10(8-9)13-6-7-14-11;1-12(2,3)11-8-9-6-4-5-7-10(9)13-11;1-11(2,3)8-5-4-7-10(12-8)13-9(14)6-15-7;1-10(2,3)7-6-9-5-4-8-11-9/h5-9H,1-4H3;4-8H,1-3H3;4-5,8,13H,6-7H2,1-3H3;4-8H,1-3H3;4-5H,6H2,1-3H3,(H,12,13,14);4-8H,1-3H3/b;;;;;7-6+. The molecule has 2 aliphatic rings. The summed E-state index contributed by atoms with van der Waals surface area (Å²) in [7, 11) is 2.14. The predicted octanol–water partition coefficient (Wildman–Crippen LogP) is 18.0. The minimum absolute atomic E-state index is 0.0306. The molecule has 2 aliphatic heterocycles. The maximum Gasteiger partial charge on any atom is 0.263 e. The van der Waals surface area contributed by atoms with Crippen molar-refractivity contribution < 1.29 is 23.1 Å². The molecule has 2 N–H and O–H groups in total. The zero-order valence-corrected chi connectivity index (χ0v) is 51.9. The number of aryl methyl sites for hydroxylation is 1. The van der Waals surface area contributed by atoms with E-state index in [1.807, 2.05) is 79.0 Å². The average Bonchev–Trinajstić information content (AvgIpc) is 4.28. The Kier molecular flexibility index (Phi) is 20.0. The van der Waals surface area contributed by atoms with Crippen LogP contribution in [0.25, 0.3) is 39.0 Å². The first kappa shape index (κ1) is 62.5. The number of hydrogen-bond donors (Lipinski definition) is 2. The van der Waals surface area contributed by atoms with E-state index in [2.05, 4.69) is 229 Å². The van der Waals surface area contributed by atoms with Gasteiger partial charge in [0.2, 0.25) is 0 Å². The van der Waals surface area contributed by atoms with Gasteiger partial charge in [0.1, 0.15) is 29.5 Å². The van der Waals surface area contributed by atoms with Crippen LogP contribution in [0.2, 0.25) is 0 Å². The Bertz CT molecular complexity index is 3470. The summed E-state index contributed by atoms with van der Waals surface area (Å²) < 4.78 is 23.9. The molecule has 0 spiro atoms. The summed E-state index contributed by atoms with van der Waals surface area (Å²) in [6, 6.07) is 43.0. The van der Waals surface area contributed by atoms with Gasteiger partial charge in [-0.15, -0.1) is 0 Å². The summed E-state index contributed by atoms with van der Waals surface area (Å²) in [4.78, 5) is 24.5. The van der Waals surface area contributed by atoms with Crippen LogP contribution in [0.15, 0.2) is 155 Å². The molecule has 0 bridgehead atoms. The molecule has 11 heteroatoms. The van der Waals surface area contributed by atoms with E-state index in [9.17, 15) is 4.79 Å². The number of amides is 1. The number of carbonyl (C=O) groups is 1. The number of fused-ring (bicyclic) bond motifs is 5. The minimum atomic E-state index is -0.152. The second-order valence-corrected chi connectivity index (χ2v) is 26.9. The maximum absolute atomic E-state index is 11.1. The van der Waals surface area contributed by atoms with Gasteiger partial charge in [-0.3, -0.25) is 9.78 Å². The summed E-state index contributed by atoms with van der Waals surface area (Å²) in [6.45, 7) is 40.8. The van der Waals surface area contributed by atoms with E-state index < -0.39 is 0 Å². The first-order chi connectivity index (χ1) is 37.8. The second kappa shape index (κ2) is 25.9. The first-order valence-electron chi connectivity index (χ1n) is 28.2. The highest BCUT2D eigenvalue weighted by atomic mass is 16.5. The molecule has 9 aromatic rings. The van der Waals surface area contributed by atoms with Crippen molar-refractivity contribution in [1.29, 1.82) is 0 Å². The predicted molar refractivity (Wildman–Crippen MR) is 338 cm³/mol. The molecule has 4 aromatic carbocycles. The lowest BCUT2D eigenvalue weighted by atomic mass is 9.86. The number of benzene rings is 4. The average molecular weight is 1100 g/mol. The van der Waals surface area contributed by atoms with Crippen molar-refractivity contribution in [2.75, 3.05) is 30.4 Å². The summed E-state index contributed by atoms with van der Waals surface area (Å²) in [5, 5.41) is 8.57. The van der Waals surface area contributed by atoms with Crippen molar-refractivity contribution in [2.24, 2.45) is 12.5 Å². The molecule has 7 heterocycles. The van der Waals surface area contributed by atoms with Crippen LogP contribution in [-0.2, 0) is 38.9 Å². The SMILES string of the molecule is CC(C)(C)/C=C/c1ccco1.CC(C)(C)c1cc2ccccc2o1.CC(C)(C)c1ccc2c(c1)NCCO2.CC(C)(C)c1ccc2c(n1)NC(=O)CO2.CC(C)(C)c1cnc2ccccc2n1.Cn1c(C(C)(C)C)cc2ccccc21. The molecule has 0 saturated carbocycles. The van der Waals surface area contributed by atoms with E-state index >= 15 is 0 Å². The number of aromatic nitrogens is 4. The molecule has 0 saturated heterocycles. The van der Waals surface area contributed by atoms with Crippen LogP contribution in [0, 0.1) is 5.41 Å². The lowest BCUT2D eigenvalue weighted by Gasteiger charge is -2.24. The van der Waals surface area contributed by atoms with Gasteiger partial charge in [-0.2, -0.15) is 0 Å². The fourth-order valence-corrected chi connectivity index (χ4v) is 8.39. The molecule has 81 heavy (non-hydrogen) atoms. The van der Waals surface area contributed by atoms with Crippen molar-refractivity contribution in [2.45, 2.75) is 152 Å². The molecule has 0 radical (unpaired) electrons. The van der Waals surface area contributed by atoms with Crippen LogP contribution < -0.4 is 20.1 Å². The number of allylic oxidation sites excluding steroid dienone is 1. The molecule has 430 valence electrons. The third-order valence-electron chi connectivity index (χ3n) is 13.2. The van der Waals surface area contributed by atoms with Crippen molar-refractivity contribution in [3.8, 4) is 11.5 Å². The van der Waals surface area contributed by atoms with Gasteiger partial charge in [-0.1, -0.05) is 185 Å². The summed E-state index contributed by atoms with van der Waals surface area (Å²) in [5.41, 5.74) is 10.8. The van der Waals surface area contributed by atoms with E-state index in [1.165, 1.54) is 27.5 Å². The van der Waals surface area contributed by atoms with E-state index in [4.69, 9.17) is 18.3 Å².